The third kappa shape index (κ3) is 5.30. The number of benzene rings is 2. The minimum absolute atomic E-state index is 0.0415. The van der Waals surface area contributed by atoms with Gasteiger partial charge in [0.05, 0.1) is 24.7 Å². The van der Waals surface area contributed by atoms with Crippen molar-refractivity contribution in [3.8, 4) is 5.75 Å². The molecule has 0 saturated heterocycles. The fraction of sp³-hybridized carbons (Fsp3) is 0.278. The van der Waals surface area contributed by atoms with Crippen molar-refractivity contribution in [1.82, 2.24) is 4.72 Å². The number of nitrogens with one attached hydrogen (secondary N) is 1. The third-order valence-electron chi connectivity index (χ3n) is 3.66. The van der Waals surface area contributed by atoms with Gasteiger partial charge in [-0.15, -0.1) is 0 Å². The van der Waals surface area contributed by atoms with Gasteiger partial charge in [0.2, 0.25) is 10.0 Å². The first-order chi connectivity index (χ1) is 12.0. The van der Waals surface area contributed by atoms with E-state index in [4.69, 9.17) is 4.74 Å². The van der Waals surface area contributed by atoms with Crippen molar-refractivity contribution < 1.29 is 22.7 Å². The smallest absolute Gasteiger partial charge is 0.337 e. The molecule has 0 heterocycles. The maximum atomic E-state index is 12.3. The topological polar surface area (TPSA) is 81.7 Å². The van der Waals surface area contributed by atoms with E-state index in [1.54, 1.807) is 7.11 Å². The molecular formula is C18H21NO5S. The van der Waals surface area contributed by atoms with E-state index in [0.29, 0.717) is 13.0 Å². The molecule has 0 aliphatic carbocycles. The lowest BCUT2D eigenvalue weighted by Gasteiger charge is -2.08. The zero-order valence-electron chi connectivity index (χ0n) is 14.2. The summed E-state index contributed by atoms with van der Waals surface area (Å²) in [6, 6.07) is 13.4. The van der Waals surface area contributed by atoms with Gasteiger partial charge >= 0.3 is 5.97 Å². The molecule has 7 heteroatoms. The van der Waals surface area contributed by atoms with Crippen LogP contribution in [0.2, 0.25) is 0 Å². The molecule has 0 atom stereocenters. The number of carbonyl (C=O) groups is 1. The molecule has 2 rings (SSSR count). The van der Waals surface area contributed by atoms with Crippen molar-refractivity contribution in [2.24, 2.45) is 0 Å². The molecule has 0 aliphatic rings. The van der Waals surface area contributed by atoms with E-state index in [-0.39, 0.29) is 10.5 Å². The van der Waals surface area contributed by atoms with E-state index in [1.165, 1.54) is 31.4 Å². The Kier molecular flexibility index (Phi) is 6.55. The fourth-order valence-corrected chi connectivity index (χ4v) is 3.40. The quantitative estimate of drug-likeness (QED) is 0.575. The molecule has 25 heavy (non-hydrogen) atoms. The molecular weight excluding hydrogens is 342 g/mol. The molecule has 0 radical (unpaired) electrons. The SMILES string of the molecule is COC(=O)c1cccc(S(=O)(=O)NCCCc2ccc(OC)cc2)c1. The summed E-state index contributed by atoms with van der Waals surface area (Å²) in [4.78, 5) is 11.6. The summed E-state index contributed by atoms with van der Waals surface area (Å²) in [6.07, 6.45) is 1.40. The summed E-state index contributed by atoms with van der Waals surface area (Å²) in [6.45, 7) is 0.302. The molecule has 134 valence electrons. The van der Waals surface area contributed by atoms with Crippen LogP contribution in [0.4, 0.5) is 0 Å². The van der Waals surface area contributed by atoms with E-state index >= 15 is 0 Å². The number of hydrogen-bond donors (Lipinski definition) is 1. The van der Waals surface area contributed by atoms with Crippen molar-refractivity contribution in [2.75, 3.05) is 20.8 Å². The molecule has 0 aromatic heterocycles. The van der Waals surface area contributed by atoms with Crippen LogP contribution < -0.4 is 9.46 Å². The van der Waals surface area contributed by atoms with Crippen LogP contribution in [-0.4, -0.2) is 35.2 Å². The normalized spacial score (nSPS) is 11.1. The number of carbonyl (C=O) groups excluding carboxylic acids is 1. The molecule has 2 aromatic rings. The van der Waals surface area contributed by atoms with Crippen LogP contribution in [-0.2, 0) is 21.2 Å². The van der Waals surface area contributed by atoms with Crippen molar-refractivity contribution >= 4 is 16.0 Å². The predicted octanol–water partition coefficient (Wildman–Crippen LogP) is 2.39. The van der Waals surface area contributed by atoms with Gasteiger partial charge in [-0.1, -0.05) is 18.2 Å². The van der Waals surface area contributed by atoms with Crippen molar-refractivity contribution in [3.05, 3.63) is 59.7 Å². The second-order valence-electron chi connectivity index (χ2n) is 5.37. The van der Waals surface area contributed by atoms with Gasteiger partial charge in [-0.2, -0.15) is 0 Å². The van der Waals surface area contributed by atoms with E-state index < -0.39 is 16.0 Å². The van der Waals surface area contributed by atoms with Gasteiger partial charge in [0, 0.05) is 6.54 Å². The maximum Gasteiger partial charge on any atom is 0.337 e. The Morgan fingerprint density at radius 2 is 1.80 bits per heavy atom. The highest BCUT2D eigenvalue weighted by Gasteiger charge is 2.16. The lowest BCUT2D eigenvalue weighted by Crippen LogP contribution is -2.25. The molecule has 1 N–H and O–H groups in total. The Balaban J connectivity index is 1.91. The van der Waals surface area contributed by atoms with Gasteiger partial charge in [0.1, 0.15) is 5.75 Å². The molecule has 6 nitrogen and oxygen atoms in total. The minimum atomic E-state index is -3.67. The van der Waals surface area contributed by atoms with E-state index in [1.807, 2.05) is 24.3 Å². The number of sulfonamides is 1. The Hall–Kier alpha value is -2.38. The maximum absolute atomic E-state index is 12.3. The first-order valence-corrected chi connectivity index (χ1v) is 9.25. The molecule has 0 bridgehead atoms. The van der Waals surface area contributed by atoms with Gasteiger partial charge in [0.15, 0.2) is 0 Å². The van der Waals surface area contributed by atoms with E-state index in [2.05, 4.69) is 9.46 Å². The summed E-state index contributed by atoms with van der Waals surface area (Å²) < 4.78 is 36.9. The van der Waals surface area contributed by atoms with Crippen LogP contribution >= 0.6 is 0 Å². The van der Waals surface area contributed by atoms with Crippen LogP contribution in [0.15, 0.2) is 53.4 Å². The third-order valence-corrected chi connectivity index (χ3v) is 5.12. The first kappa shape index (κ1) is 19.0. The summed E-state index contributed by atoms with van der Waals surface area (Å²) >= 11 is 0. The highest BCUT2D eigenvalue weighted by molar-refractivity contribution is 7.89. The van der Waals surface area contributed by atoms with E-state index in [9.17, 15) is 13.2 Å². The average Bonchev–Trinajstić information content (AvgIpc) is 2.65. The zero-order valence-corrected chi connectivity index (χ0v) is 15.0. The van der Waals surface area contributed by atoms with E-state index in [0.717, 1.165) is 17.7 Å². The Labute approximate surface area is 147 Å². The lowest BCUT2D eigenvalue weighted by atomic mass is 10.1. The Bertz CT molecular complexity index is 816. The molecule has 2 aromatic carbocycles. The molecule has 0 fully saturated rings. The lowest BCUT2D eigenvalue weighted by molar-refractivity contribution is 0.0600. The number of methoxy groups -OCH3 is 2. The Morgan fingerprint density at radius 3 is 2.44 bits per heavy atom. The van der Waals surface area contributed by atoms with Gasteiger partial charge in [-0.3, -0.25) is 0 Å². The van der Waals surface area contributed by atoms with Crippen LogP contribution in [0.25, 0.3) is 0 Å². The standard InChI is InChI=1S/C18H21NO5S/c1-23-16-10-8-14(9-11-16)5-4-12-19-25(21,22)17-7-3-6-15(13-17)18(20)24-2/h3,6-11,13,19H,4-5,12H2,1-2H3. The van der Waals surface area contributed by atoms with Gasteiger partial charge < -0.3 is 9.47 Å². The van der Waals surface area contributed by atoms with Crippen LogP contribution in [0.1, 0.15) is 22.3 Å². The van der Waals surface area contributed by atoms with Gasteiger partial charge in [-0.05, 0) is 48.7 Å². The zero-order chi connectivity index (χ0) is 18.3. The largest absolute Gasteiger partial charge is 0.497 e. The summed E-state index contributed by atoms with van der Waals surface area (Å²) in [5.41, 5.74) is 1.30. The monoisotopic (exact) mass is 363 g/mol. The van der Waals surface area contributed by atoms with Crippen molar-refractivity contribution in [3.63, 3.8) is 0 Å². The van der Waals surface area contributed by atoms with Gasteiger partial charge in [0.25, 0.3) is 0 Å². The van der Waals surface area contributed by atoms with Crippen molar-refractivity contribution in [1.29, 1.82) is 0 Å². The number of esters is 1. The highest BCUT2D eigenvalue weighted by Crippen LogP contribution is 2.14. The highest BCUT2D eigenvalue weighted by atomic mass is 32.2. The van der Waals surface area contributed by atoms with Crippen LogP contribution in [0.3, 0.4) is 0 Å². The molecule has 0 unspecified atom stereocenters. The fourth-order valence-electron chi connectivity index (χ4n) is 2.28. The minimum Gasteiger partial charge on any atom is -0.497 e. The van der Waals surface area contributed by atoms with Crippen LogP contribution in [0.5, 0.6) is 5.75 Å². The van der Waals surface area contributed by atoms with Gasteiger partial charge in [-0.25, -0.2) is 17.9 Å². The van der Waals surface area contributed by atoms with Crippen molar-refractivity contribution in [2.45, 2.75) is 17.7 Å². The Morgan fingerprint density at radius 1 is 1.08 bits per heavy atom. The van der Waals surface area contributed by atoms with Crippen LogP contribution in [0, 0.1) is 0 Å². The number of ether oxygens (including phenoxy) is 2. The summed E-state index contributed by atoms with van der Waals surface area (Å²) in [7, 11) is -0.806. The molecule has 0 spiro atoms. The summed E-state index contributed by atoms with van der Waals surface area (Å²) in [5, 5.41) is 0. The molecule has 0 amide bonds. The predicted molar refractivity (Wildman–Crippen MR) is 94.3 cm³/mol. The number of aryl methyl sites for hydroxylation is 1. The number of rotatable bonds is 8. The number of hydrogen-bond acceptors (Lipinski definition) is 5. The second kappa shape index (κ2) is 8.64. The molecule has 0 aliphatic heterocycles. The molecule has 0 saturated carbocycles. The second-order valence-corrected chi connectivity index (χ2v) is 7.14. The first-order valence-electron chi connectivity index (χ1n) is 7.77. The average molecular weight is 363 g/mol. The summed E-state index contributed by atoms with van der Waals surface area (Å²) in [5.74, 6) is 0.214.